The van der Waals surface area contributed by atoms with E-state index >= 15 is 0 Å². The molecule has 0 radical (unpaired) electrons. The molecular weight excluding hydrogens is 464 g/mol. The molecule has 0 fully saturated rings. The number of nitrogens with one attached hydrogen (secondary N) is 1. The highest BCUT2D eigenvalue weighted by molar-refractivity contribution is 7.99. The number of hydrogen-bond donors (Lipinski definition) is 1. The van der Waals surface area contributed by atoms with Crippen molar-refractivity contribution in [1.29, 1.82) is 0 Å². The van der Waals surface area contributed by atoms with Crippen LogP contribution in [-0.4, -0.2) is 52.9 Å². The van der Waals surface area contributed by atoms with Crippen LogP contribution in [0.2, 0.25) is 0 Å². The quantitative estimate of drug-likeness (QED) is 0.309. The number of nitrogens with zero attached hydrogens (tertiary/aromatic N) is 7. The van der Waals surface area contributed by atoms with E-state index in [1.54, 1.807) is 23.5 Å². The number of thioether (sulfide) groups is 2. The Morgan fingerprint density at radius 3 is 2.21 bits per heavy atom. The van der Waals surface area contributed by atoms with Gasteiger partial charge < -0.3 is 4.57 Å². The van der Waals surface area contributed by atoms with Crippen LogP contribution in [0, 0.1) is 0 Å². The third kappa shape index (κ3) is 3.97. The van der Waals surface area contributed by atoms with Crippen LogP contribution >= 0.6 is 23.5 Å². The summed E-state index contributed by atoms with van der Waals surface area (Å²) in [5, 5.41) is 25.4. The molecule has 5 aromatic rings. The lowest BCUT2D eigenvalue weighted by atomic mass is 9.95. The summed E-state index contributed by atoms with van der Waals surface area (Å²) >= 11 is 3.17. The van der Waals surface area contributed by atoms with Gasteiger partial charge in [-0.25, -0.2) is 4.98 Å². The zero-order valence-corrected chi connectivity index (χ0v) is 21.0. The van der Waals surface area contributed by atoms with Crippen molar-refractivity contribution in [3.63, 3.8) is 0 Å². The van der Waals surface area contributed by atoms with E-state index < -0.39 is 0 Å². The molecule has 0 saturated carbocycles. The molecule has 0 spiro atoms. The molecule has 0 amide bonds. The Morgan fingerprint density at radius 1 is 0.853 bits per heavy atom. The number of tetrazole rings is 1. The van der Waals surface area contributed by atoms with Gasteiger partial charge in [0.1, 0.15) is 26.9 Å². The van der Waals surface area contributed by atoms with Gasteiger partial charge in [-0.15, -0.1) is 43.9 Å². The normalized spacial score (nSPS) is 11.6. The maximum absolute atomic E-state index is 5.04. The Bertz CT molecular complexity index is 1440. The van der Waals surface area contributed by atoms with E-state index in [0.29, 0.717) is 12.4 Å². The van der Waals surface area contributed by atoms with Crippen molar-refractivity contribution in [3.8, 4) is 22.5 Å². The van der Waals surface area contributed by atoms with Crippen molar-refractivity contribution in [2.24, 2.45) is 0 Å². The second-order valence-corrected chi connectivity index (χ2v) is 9.65. The number of fused-ring (bicyclic) bond motifs is 1. The molecule has 2 aromatic carbocycles. The summed E-state index contributed by atoms with van der Waals surface area (Å²) < 4.78 is 2.30. The number of imidazole rings is 1. The standard InChI is InChI=1S/C24H24N8S2/c1-14(2)22-25-19-20(24(34-4)29-28-23(19)33-3)32(22)13-15-9-5-6-10-16(15)17-11-7-8-12-18(17)21-26-30-31-27-21/h5-12,14H,13H2,1-4H3,(H,26,27,30,31). The molecular formula is C24H24N8S2. The monoisotopic (exact) mass is 488 g/mol. The van der Waals surface area contributed by atoms with Gasteiger partial charge in [0.2, 0.25) is 5.82 Å². The van der Waals surface area contributed by atoms with Crippen LogP contribution in [-0.2, 0) is 6.54 Å². The third-order valence-corrected chi connectivity index (χ3v) is 7.01. The summed E-state index contributed by atoms with van der Waals surface area (Å²) in [5.74, 6) is 1.85. The number of rotatable bonds is 7. The number of benzene rings is 2. The Labute approximate surface area is 206 Å². The predicted octanol–water partition coefficient (Wildman–Crippen LogP) is 5.29. The minimum Gasteiger partial charge on any atom is -0.321 e. The predicted molar refractivity (Wildman–Crippen MR) is 137 cm³/mol. The molecule has 0 aliphatic heterocycles. The molecule has 0 atom stereocenters. The molecule has 8 nitrogen and oxygen atoms in total. The van der Waals surface area contributed by atoms with Crippen LogP contribution < -0.4 is 0 Å². The molecule has 0 aliphatic rings. The van der Waals surface area contributed by atoms with E-state index in [0.717, 1.165) is 43.6 Å². The first-order valence-electron chi connectivity index (χ1n) is 10.9. The smallest absolute Gasteiger partial charge is 0.205 e. The van der Waals surface area contributed by atoms with Gasteiger partial charge in [0.25, 0.3) is 0 Å². The highest BCUT2D eigenvalue weighted by atomic mass is 32.2. The van der Waals surface area contributed by atoms with Gasteiger partial charge in [0, 0.05) is 11.5 Å². The number of H-pyrrole nitrogens is 1. The van der Waals surface area contributed by atoms with Gasteiger partial charge in [-0.1, -0.05) is 62.4 Å². The van der Waals surface area contributed by atoms with Crippen molar-refractivity contribution in [2.45, 2.75) is 36.4 Å². The zero-order valence-electron chi connectivity index (χ0n) is 19.4. The maximum atomic E-state index is 5.04. The summed E-state index contributed by atoms with van der Waals surface area (Å²) in [7, 11) is 0. The van der Waals surface area contributed by atoms with E-state index in [4.69, 9.17) is 4.98 Å². The second kappa shape index (κ2) is 9.55. The van der Waals surface area contributed by atoms with Crippen LogP contribution in [0.4, 0.5) is 0 Å². The lowest BCUT2D eigenvalue weighted by molar-refractivity contribution is 0.679. The molecule has 10 heteroatoms. The summed E-state index contributed by atoms with van der Waals surface area (Å²) in [6.45, 7) is 5.01. The number of hydrogen-bond acceptors (Lipinski definition) is 8. The van der Waals surface area contributed by atoms with Gasteiger partial charge >= 0.3 is 0 Å². The topological polar surface area (TPSA) is 98.1 Å². The largest absolute Gasteiger partial charge is 0.321 e. The van der Waals surface area contributed by atoms with Crippen molar-refractivity contribution < 1.29 is 0 Å². The van der Waals surface area contributed by atoms with Gasteiger partial charge in [-0.3, -0.25) is 0 Å². The van der Waals surface area contributed by atoms with Crippen LogP contribution in [0.5, 0.6) is 0 Å². The fourth-order valence-corrected chi connectivity index (χ4v) is 5.16. The summed E-state index contributed by atoms with van der Waals surface area (Å²) in [6, 6.07) is 16.6. The van der Waals surface area contributed by atoms with Crippen molar-refractivity contribution >= 4 is 34.6 Å². The van der Waals surface area contributed by atoms with Gasteiger partial charge in [0.05, 0.1) is 6.54 Å². The Hall–Kier alpha value is -3.24. The van der Waals surface area contributed by atoms with Gasteiger partial charge in [-0.05, 0) is 34.4 Å². The molecule has 0 aliphatic carbocycles. The van der Waals surface area contributed by atoms with Crippen LogP contribution in [0.3, 0.4) is 0 Å². The van der Waals surface area contributed by atoms with Gasteiger partial charge in [0.15, 0.2) is 0 Å². The van der Waals surface area contributed by atoms with E-state index in [-0.39, 0.29) is 5.92 Å². The number of aromatic amines is 1. The molecule has 3 heterocycles. The molecule has 3 aromatic heterocycles. The highest BCUT2D eigenvalue weighted by Gasteiger charge is 2.22. The van der Waals surface area contributed by atoms with Crippen LogP contribution in [0.1, 0.15) is 31.2 Å². The first-order valence-corrected chi connectivity index (χ1v) is 13.3. The highest BCUT2D eigenvalue weighted by Crippen LogP contribution is 2.36. The minimum absolute atomic E-state index is 0.246. The molecule has 0 unspecified atom stereocenters. The maximum Gasteiger partial charge on any atom is 0.205 e. The van der Waals surface area contributed by atoms with E-state index in [2.05, 4.69) is 79.6 Å². The van der Waals surface area contributed by atoms with E-state index in [1.807, 2.05) is 30.7 Å². The molecule has 5 rings (SSSR count). The average molecular weight is 489 g/mol. The first-order chi connectivity index (χ1) is 16.6. The molecule has 172 valence electrons. The lowest BCUT2D eigenvalue weighted by Crippen LogP contribution is -2.09. The Morgan fingerprint density at radius 2 is 1.53 bits per heavy atom. The summed E-state index contributed by atoms with van der Waals surface area (Å²) in [6.07, 6.45) is 4.05. The number of aromatic nitrogens is 8. The van der Waals surface area contributed by atoms with Crippen LogP contribution in [0.25, 0.3) is 33.5 Å². The Balaban J connectivity index is 1.71. The fourth-order valence-electron chi connectivity index (χ4n) is 4.18. The average Bonchev–Trinajstić information content (AvgIpc) is 3.53. The zero-order chi connectivity index (χ0) is 23.7. The van der Waals surface area contributed by atoms with Crippen molar-refractivity contribution in [1.82, 2.24) is 40.4 Å². The van der Waals surface area contributed by atoms with Crippen molar-refractivity contribution in [3.05, 3.63) is 59.9 Å². The molecule has 34 heavy (non-hydrogen) atoms. The lowest BCUT2D eigenvalue weighted by Gasteiger charge is -2.17. The fraction of sp³-hybridized carbons (Fsp3) is 0.250. The van der Waals surface area contributed by atoms with Crippen LogP contribution in [0.15, 0.2) is 58.6 Å². The molecule has 1 N–H and O–H groups in total. The van der Waals surface area contributed by atoms with Gasteiger partial charge in [-0.2, -0.15) is 5.21 Å². The van der Waals surface area contributed by atoms with E-state index in [1.165, 1.54) is 5.56 Å². The Kier molecular flexibility index (Phi) is 6.34. The van der Waals surface area contributed by atoms with E-state index in [9.17, 15) is 0 Å². The summed E-state index contributed by atoms with van der Waals surface area (Å²) in [4.78, 5) is 5.04. The third-order valence-electron chi connectivity index (χ3n) is 5.69. The molecule has 0 saturated heterocycles. The second-order valence-electron chi connectivity index (χ2n) is 8.06. The molecule has 0 bridgehead atoms. The SMILES string of the molecule is CSc1nnc(SC)c2c1nc(C(C)C)n2Cc1ccccc1-c1ccccc1-c1nn[nH]n1. The first kappa shape index (κ1) is 22.5. The summed E-state index contributed by atoms with van der Waals surface area (Å²) in [5.41, 5.74) is 6.25. The van der Waals surface area contributed by atoms with Crippen molar-refractivity contribution in [2.75, 3.05) is 12.5 Å². The minimum atomic E-state index is 0.246.